The average Bonchev–Trinajstić information content (AvgIpc) is 2.02. The Labute approximate surface area is 76.8 Å². The molecule has 0 heterocycles. The van der Waals surface area contributed by atoms with Crippen LogP contribution in [0.5, 0.6) is 0 Å². The van der Waals surface area contributed by atoms with E-state index in [4.69, 9.17) is 5.11 Å². The van der Waals surface area contributed by atoms with Crippen molar-refractivity contribution in [2.75, 3.05) is 0 Å². The molecule has 0 saturated carbocycles. The molecule has 0 aromatic rings. The van der Waals surface area contributed by atoms with E-state index < -0.39 is 24.0 Å². The van der Waals surface area contributed by atoms with Crippen LogP contribution in [-0.4, -0.2) is 34.2 Å². The summed E-state index contributed by atoms with van der Waals surface area (Å²) < 4.78 is 0. The number of aliphatic hydroxyl groups is 1. The summed E-state index contributed by atoms with van der Waals surface area (Å²) in [5, 5.41) is 19.8. The minimum atomic E-state index is -1.15. The second-order valence-corrected chi connectivity index (χ2v) is 3.26. The molecule has 0 radical (unpaired) electrons. The van der Waals surface area contributed by atoms with Gasteiger partial charge in [-0.25, -0.2) is 0 Å². The highest BCUT2D eigenvalue weighted by molar-refractivity contribution is 5.85. The Hall–Kier alpha value is -1.10. The number of hydrogen-bond acceptors (Lipinski definition) is 3. The number of aliphatic hydroxyl groups excluding tert-OH is 1. The maximum atomic E-state index is 11.1. The molecule has 0 aromatic carbocycles. The number of carboxylic acid groups (broad SMARTS) is 1. The number of nitrogens with one attached hydrogen (secondary N) is 1. The van der Waals surface area contributed by atoms with Crippen molar-refractivity contribution < 1.29 is 19.8 Å². The molecule has 5 nitrogen and oxygen atoms in total. The fourth-order valence-electron chi connectivity index (χ4n) is 0.663. The van der Waals surface area contributed by atoms with E-state index in [1.165, 1.54) is 6.92 Å². The van der Waals surface area contributed by atoms with Gasteiger partial charge in [0.2, 0.25) is 5.91 Å². The standard InChI is InChI=1S/C8H15NO4/c1-4(2)6(10)7(11)9-5(3)8(12)13/h4-6,10H,1-3H3,(H,9,11)(H,12,13)/t5-,6-/m0/s1. The topological polar surface area (TPSA) is 86.6 Å². The Morgan fingerprint density at radius 1 is 1.23 bits per heavy atom. The van der Waals surface area contributed by atoms with E-state index in [1.807, 2.05) is 0 Å². The maximum Gasteiger partial charge on any atom is 0.325 e. The van der Waals surface area contributed by atoms with Gasteiger partial charge in [-0.2, -0.15) is 0 Å². The lowest BCUT2D eigenvalue weighted by Crippen LogP contribution is -2.45. The molecule has 2 atom stereocenters. The van der Waals surface area contributed by atoms with Crippen LogP contribution in [0.4, 0.5) is 0 Å². The Bertz CT molecular complexity index is 202. The number of amides is 1. The maximum absolute atomic E-state index is 11.1. The van der Waals surface area contributed by atoms with Crippen LogP contribution in [0, 0.1) is 5.92 Å². The van der Waals surface area contributed by atoms with Gasteiger partial charge in [0.25, 0.3) is 0 Å². The molecule has 0 spiro atoms. The number of carbonyl (C=O) groups excluding carboxylic acids is 1. The lowest BCUT2D eigenvalue weighted by molar-refractivity contribution is -0.143. The summed E-state index contributed by atoms with van der Waals surface area (Å²) in [6.45, 7) is 4.69. The molecule has 13 heavy (non-hydrogen) atoms. The quantitative estimate of drug-likeness (QED) is 0.561. The fraction of sp³-hybridized carbons (Fsp3) is 0.750. The van der Waals surface area contributed by atoms with Crippen molar-refractivity contribution in [3.05, 3.63) is 0 Å². The predicted molar refractivity (Wildman–Crippen MR) is 46.1 cm³/mol. The van der Waals surface area contributed by atoms with Gasteiger partial charge in [0.05, 0.1) is 0 Å². The summed E-state index contributed by atoms with van der Waals surface area (Å²) in [5.74, 6) is -1.99. The van der Waals surface area contributed by atoms with Gasteiger partial charge in [-0.3, -0.25) is 9.59 Å². The van der Waals surface area contributed by atoms with Gasteiger partial charge in [0.15, 0.2) is 0 Å². The molecule has 1 amide bonds. The minimum absolute atomic E-state index is 0.221. The van der Waals surface area contributed by atoms with Crippen LogP contribution in [0.1, 0.15) is 20.8 Å². The van der Waals surface area contributed by atoms with Gasteiger partial charge in [0.1, 0.15) is 12.1 Å². The Balaban J connectivity index is 4.08. The number of carboxylic acids is 1. The fourth-order valence-corrected chi connectivity index (χ4v) is 0.663. The number of carbonyl (C=O) groups is 2. The van der Waals surface area contributed by atoms with Crippen molar-refractivity contribution in [3.8, 4) is 0 Å². The largest absolute Gasteiger partial charge is 0.480 e. The molecule has 0 fully saturated rings. The Kier molecular flexibility index (Phi) is 4.40. The van der Waals surface area contributed by atoms with Gasteiger partial charge >= 0.3 is 5.97 Å². The van der Waals surface area contributed by atoms with Crippen LogP contribution in [0.25, 0.3) is 0 Å². The third kappa shape index (κ3) is 3.89. The zero-order valence-electron chi connectivity index (χ0n) is 7.94. The number of hydrogen-bond donors (Lipinski definition) is 3. The SMILES string of the molecule is CC(C)[C@H](O)C(=O)N[C@@H](C)C(=O)O. The molecule has 0 aliphatic rings. The van der Waals surface area contributed by atoms with Gasteiger partial charge in [-0.1, -0.05) is 13.8 Å². The van der Waals surface area contributed by atoms with Crippen LogP contribution in [0.2, 0.25) is 0 Å². The third-order valence-corrected chi connectivity index (χ3v) is 1.63. The first-order valence-electron chi connectivity index (χ1n) is 4.07. The highest BCUT2D eigenvalue weighted by Crippen LogP contribution is 2.00. The Morgan fingerprint density at radius 3 is 2.00 bits per heavy atom. The second-order valence-electron chi connectivity index (χ2n) is 3.26. The first-order valence-corrected chi connectivity index (χ1v) is 4.07. The van der Waals surface area contributed by atoms with Crippen LogP contribution < -0.4 is 5.32 Å². The third-order valence-electron chi connectivity index (χ3n) is 1.63. The van der Waals surface area contributed by atoms with Gasteiger partial charge in [-0.15, -0.1) is 0 Å². The predicted octanol–water partition coefficient (Wildman–Crippen LogP) is -0.407. The Morgan fingerprint density at radius 2 is 1.69 bits per heavy atom. The molecule has 0 rings (SSSR count). The van der Waals surface area contributed by atoms with E-state index >= 15 is 0 Å². The highest BCUT2D eigenvalue weighted by atomic mass is 16.4. The summed E-state index contributed by atoms with van der Waals surface area (Å²) in [6, 6.07) is -0.971. The molecular formula is C8H15NO4. The number of aliphatic carboxylic acids is 1. The molecule has 0 aliphatic heterocycles. The second kappa shape index (κ2) is 4.81. The van der Waals surface area contributed by atoms with Gasteiger partial charge < -0.3 is 15.5 Å². The molecule has 5 heteroatoms. The van der Waals surface area contributed by atoms with Gasteiger partial charge in [-0.05, 0) is 12.8 Å². The summed E-state index contributed by atoms with van der Waals surface area (Å²) in [5.41, 5.74) is 0. The first kappa shape index (κ1) is 11.9. The van der Waals surface area contributed by atoms with Gasteiger partial charge in [0, 0.05) is 0 Å². The van der Waals surface area contributed by atoms with Crippen molar-refractivity contribution >= 4 is 11.9 Å². The highest BCUT2D eigenvalue weighted by Gasteiger charge is 2.22. The van der Waals surface area contributed by atoms with Crippen LogP contribution >= 0.6 is 0 Å². The lowest BCUT2D eigenvalue weighted by Gasteiger charge is -2.16. The van der Waals surface area contributed by atoms with Crippen LogP contribution in [0.15, 0.2) is 0 Å². The van der Waals surface area contributed by atoms with E-state index in [1.54, 1.807) is 13.8 Å². The summed E-state index contributed by atoms with van der Waals surface area (Å²) in [6.07, 6.45) is -1.15. The van der Waals surface area contributed by atoms with E-state index in [2.05, 4.69) is 5.32 Å². The van der Waals surface area contributed by atoms with Crippen molar-refractivity contribution in [3.63, 3.8) is 0 Å². The van der Waals surface area contributed by atoms with Crippen molar-refractivity contribution in [1.29, 1.82) is 0 Å². The summed E-state index contributed by atoms with van der Waals surface area (Å²) in [7, 11) is 0. The normalized spacial score (nSPS) is 15.2. The molecule has 0 unspecified atom stereocenters. The summed E-state index contributed by atoms with van der Waals surface area (Å²) in [4.78, 5) is 21.4. The molecule has 3 N–H and O–H groups in total. The van der Waals surface area contributed by atoms with Crippen molar-refractivity contribution in [2.45, 2.75) is 32.9 Å². The van der Waals surface area contributed by atoms with E-state index in [0.29, 0.717) is 0 Å². The smallest absolute Gasteiger partial charge is 0.325 e. The van der Waals surface area contributed by atoms with E-state index in [9.17, 15) is 14.7 Å². The van der Waals surface area contributed by atoms with Crippen LogP contribution in [0.3, 0.4) is 0 Å². The molecule has 76 valence electrons. The zero-order chi connectivity index (χ0) is 10.6. The first-order chi connectivity index (χ1) is 5.86. The van der Waals surface area contributed by atoms with Crippen LogP contribution in [-0.2, 0) is 9.59 Å². The lowest BCUT2D eigenvalue weighted by atomic mass is 10.1. The monoisotopic (exact) mass is 189 g/mol. The molecule has 0 aliphatic carbocycles. The zero-order valence-corrected chi connectivity index (χ0v) is 7.94. The average molecular weight is 189 g/mol. The van der Waals surface area contributed by atoms with Crippen molar-refractivity contribution in [2.24, 2.45) is 5.92 Å². The molecular weight excluding hydrogens is 174 g/mol. The molecule has 0 saturated heterocycles. The summed E-state index contributed by atoms with van der Waals surface area (Å²) >= 11 is 0. The van der Waals surface area contributed by atoms with E-state index in [-0.39, 0.29) is 5.92 Å². The minimum Gasteiger partial charge on any atom is -0.480 e. The molecule has 0 aromatic heterocycles. The molecule has 0 bridgehead atoms. The van der Waals surface area contributed by atoms with E-state index in [0.717, 1.165) is 0 Å². The number of rotatable bonds is 4. The van der Waals surface area contributed by atoms with Crippen molar-refractivity contribution in [1.82, 2.24) is 5.32 Å².